The highest BCUT2D eigenvalue weighted by molar-refractivity contribution is 6.09. The molecule has 7 nitrogen and oxygen atoms in total. The molecule has 1 saturated carbocycles. The number of nitrogens with zero attached hydrogens (tertiary/aromatic N) is 1. The van der Waals surface area contributed by atoms with Crippen LogP contribution in [0.2, 0.25) is 0 Å². The number of anilines is 1. The molecule has 3 N–H and O–H groups in total. The average Bonchev–Trinajstić information content (AvgIpc) is 2.86. The summed E-state index contributed by atoms with van der Waals surface area (Å²) in [6, 6.07) is 3.99. The minimum absolute atomic E-state index is 0.335. The first kappa shape index (κ1) is 20.0. The topological polar surface area (TPSA) is 90.5 Å². The van der Waals surface area contributed by atoms with Crippen molar-refractivity contribution in [2.45, 2.75) is 44.3 Å². The molecule has 0 bridgehead atoms. The highest BCUT2D eigenvalue weighted by atomic mass is 19.4. The largest absolute Gasteiger partial charge is 0.418 e. The highest BCUT2D eigenvalue weighted by Gasteiger charge is 2.52. The first-order valence-corrected chi connectivity index (χ1v) is 8.97. The number of carbonyl (C=O) groups excluding carboxylic acids is 3. The summed E-state index contributed by atoms with van der Waals surface area (Å²) in [5.74, 6) is -0.803. The number of imide groups is 1. The van der Waals surface area contributed by atoms with Crippen LogP contribution in [0, 0.1) is 5.92 Å². The van der Waals surface area contributed by atoms with Gasteiger partial charge in [-0.3, -0.25) is 25.3 Å². The number of carbonyl (C=O) groups is 3. The number of urea groups is 1. The number of benzene rings is 1. The van der Waals surface area contributed by atoms with E-state index >= 15 is 0 Å². The van der Waals surface area contributed by atoms with Crippen molar-refractivity contribution in [2.24, 2.45) is 5.92 Å². The fraction of sp³-hybridized carbons (Fsp3) is 0.500. The molecule has 1 aromatic rings. The fourth-order valence-corrected chi connectivity index (χ4v) is 3.57. The van der Waals surface area contributed by atoms with Gasteiger partial charge in [0.2, 0.25) is 0 Å². The molecule has 0 radical (unpaired) electrons. The molecular formula is C18H21F3N4O3. The molecule has 1 spiro atoms. The Morgan fingerprint density at radius 2 is 1.89 bits per heavy atom. The van der Waals surface area contributed by atoms with E-state index in [0.29, 0.717) is 18.8 Å². The fourth-order valence-electron chi connectivity index (χ4n) is 3.57. The van der Waals surface area contributed by atoms with Gasteiger partial charge in [0.1, 0.15) is 12.1 Å². The Balaban J connectivity index is 1.62. The third-order valence-electron chi connectivity index (χ3n) is 5.24. The van der Waals surface area contributed by atoms with Gasteiger partial charge < -0.3 is 5.32 Å². The number of hydrogen-bond acceptors (Lipinski definition) is 4. The maximum atomic E-state index is 13.0. The van der Waals surface area contributed by atoms with Crippen LogP contribution in [0.1, 0.15) is 38.2 Å². The van der Waals surface area contributed by atoms with E-state index in [1.54, 1.807) is 0 Å². The lowest BCUT2D eigenvalue weighted by atomic mass is 9.77. The molecule has 1 aromatic carbocycles. The van der Waals surface area contributed by atoms with Crippen LogP contribution in [0.5, 0.6) is 0 Å². The normalized spacial score (nSPS) is 25.0. The molecule has 152 valence electrons. The molecule has 0 unspecified atom stereocenters. The Morgan fingerprint density at radius 3 is 2.54 bits per heavy atom. The highest BCUT2D eigenvalue weighted by Crippen LogP contribution is 2.36. The van der Waals surface area contributed by atoms with Crippen LogP contribution < -0.4 is 16.2 Å². The molecule has 1 aliphatic carbocycles. The quantitative estimate of drug-likeness (QED) is 0.537. The van der Waals surface area contributed by atoms with E-state index in [4.69, 9.17) is 0 Å². The van der Waals surface area contributed by atoms with Crippen LogP contribution in [0.4, 0.5) is 23.7 Å². The predicted octanol–water partition coefficient (Wildman–Crippen LogP) is 2.65. The lowest BCUT2D eigenvalue weighted by Crippen LogP contribution is -2.50. The van der Waals surface area contributed by atoms with Crippen LogP contribution in [0.25, 0.3) is 0 Å². The van der Waals surface area contributed by atoms with Gasteiger partial charge in [0.25, 0.3) is 11.8 Å². The number of rotatable bonds is 4. The molecule has 1 saturated heterocycles. The Bertz CT molecular complexity index is 789. The van der Waals surface area contributed by atoms with Crippen LogP contribution in [-0.4, -0.2) is 34.8 Å². The second-order valence-electron chi connectivity index (χ2n) is 7.30. The predicted molar refractivity (Wildman–Crippen MR) is 93.8 cm³/mol. The molecule has 0 atom stereocenters. The van der Waals surface area contributed by atoms with Crippen LogP contribution in [0.3, 0.4) is 0 Å². The van der Waals surface area contributed by atoms with Gasteiger partial charge in [-0.15, -0.1) is 0 Å². The Labute approximate surface area is 159 Å². The van der Waals surface area contributed by atoms with Gasteiger partial charge in [-0.2, -0.15) is 13.2 Å². The number of alkyl halides is 3. The van der Waals surface area contributed by atoms with Crippen LogP contribution in [0.15, 0.2) is 24.3 Å². The molecule has 10 heteroatoms. The molecule has 1 heterocycles. The zero-order valence-electron chi connectivity index (χ0n) is 15.2. The minimum Gasteiger partial charge on any atom is -0.323 e. The zero-order valence-corrected chi connectivity index (χ0v) is 15.2. The molecule has 2 fully saturated rings. The van der Waals surface area contributed by atoms with Gasteiger partial charge in [-0.1, -0.05) is 19.1 Å². The van der Waals surface area contributed by atoms with E-state index in [2.05, 4.69) is 23.1 Å². The van der Waals surface area contributed by atoms with Gasteiger partial charge in [0.15, 0.2) is 0 Å². The van der Waals surface area contributed by atoms with Crippen molar-refractivity contribution in [3.63, 3.8) is 0 Å². The summed E-state index contributed by atoms with van der Waals surface area (Å²) in [6.45, 7) is 1.49. The van der Waals surface area contributed by atoms with Crippen LogP contribution >= 0.6 is 0 Å². The van der Waals surface area contributed by atoms with Crippen molar-refractivity contribution in [1.82, 2.24) is 15.6 Å². The summed E-state index contributed by atoms with van der Waals surface area (Å²) in [5, 5.41) is 2.69. The first-order chi connectivity index (χ1) is 13.1. The summed E-state index contributed by atoms with van der Waals surface area (Å²) in [5.41, 5.74) is 2.07. The lowest BCUT2D eigenvalue weighted by molar-refractivity contribution is -0.137. The first-order valence-electron chi connectivity index (χ1n) is 8.97. The van der Waals surface area contributed by atoms with E-state index in [1.165, 1.54) is 12.1 Å². The Morgan fingerprint density at radius 1 is 1.25 bits per heavy atom. The van der Waals surface area contributed by atoms with Crippen molar-refractivity contribution in [3.05, 3.63) is 29.8 Å². The SMILES string of the molecule is CC1CCC2(CC1)NC(=O)N(CC(=O)NNc1ccccc1C(F)(F)F)C2=O. The minimum atomic E-state index is -4.59. The summed E-state index contributed by atoms with van der Waals surface area (Å²) in [7, 11) is 0. The number of halogens is 3. The molecular weight excluding hydrogens is 377 g/mol. The Hall–Kier alpha value is -2.78. The van der Waals surface area contributed by atoms with Crippen molar-refractivity contribution < 1.29 is 27.6 Å². The average molecular weight is 398 g/mol. The van der Waals surface area contributed by atoms with E-state index < -0.39 is 41.7 Å². The van der Waals surface area contributed by atoms with E-state index in [9.17, 15) is 27.6 Å². The number of hydrogen-bond donors (Lipinski definition) is 3. The number of hydrazine groups is 1. The number of para-hydroxylation sites is 1. The maximum absolute atomic E-state index is 13.0. The second kappa shape index (κ2) is 7.33. The van der Waals surface area contributed by atoms with Crippen molar-refractivity contribution in [3.8, 4) is 0 Å². The van der Waals surface area contributed by atoms with Crippen LogP contribution in [-0.2, 0) is 15.8 Å². The van der Waals surface area contributed by atoms with Crippen molar-refractivity contribution >= 4 is 23.5 Å². The van der Waals surface area contributed by atoms with E-state index in [-0.39, 0.29) is 5.69 Å². The standard InChI is InChI=1S/C18H21F3N4O3/c1-11-6-8-17(9-7-11)15(27)25(16(28)22-17)10-14(26)24-23-13-5-3-2-4-12(13)18(19,20)21/h2-5,11,23H,6-10H2,1H3,(H,22,28)(H,24,26). The third-order valence-corrected chi connectivity index (χ3v) is 5.24. The molecule has 2 aliphatic rings. The molecule has 1 aliphatic heterocycles. The summed E-state index contributed by atoms with van der Waals surface area (Å²) >= 11 is 0. The lowest BCUT2D eigenvalue weighted by Gasteiger charge is -2.33. The zero-order chi connectivity index (χ0) is 20.5. The van der Waals surface area contributed by atoms with Gasteiger partial charge in [-0.25, -0.2) is 4.79 Å². The van der Waals surface area contributed by atoms with E-state index in [0.717, 1.165) is 29.9 Å². The summed E-state index contributed by atoms with van der Waals surface area (Å²) < 4.78 is 38.9. The van der Waals surface area contributed by atoms with Gasteiger partial charge in [0, 0.05) is 0 Å². The molecule has 4 amide bonds. The molecule has 0 aromatic heterocycles. The van der Waals surface area contributed by atoms with Crippen molar-refractivity contribution in [2.75, 3.05) is 12.0 Å². The van der Waals surface area contributed by atoms with Gasteiger partial charge >= 0.3 is 12.2 Å². The monoisotopic (exact) mass is 398 g/mol. The summed E-state index contributed by atoms with van der Waals surface area (Å²) in [4.78, 5) is 37.8. The number of nitrogens with one attached hydrogen (secondary N) is 3. The maximum Gasteiger partial charge on any atom is 0.418 e. The smallest absolute Gasteiger partial charge is 0.323 e. The molecule has 28 heavy (non-hydrogen) atoms. The second-order valence-corrected chi connectivity index (χ2v) is 7.30. The summed E-state index contributed by atoms with van der Waals surface area (Å²) in [6.07, 6.45) is -1.99. The third kappa shape index (κ3) is 3.90. The van der Waals surface area contributed by atoms with Crippen molar-refractivity contribution in [1.29, 1.82) is 0 Å². The number of amides is 4. The van der Waals surface area contributed by atoms with E-state index in [1.807, 2.05) is 0 Å². The Kier molecular flexibility index (Phi) is 5.22. The van der Waals surface area contributed by atoms with Gasteiger partial charge in [-0.05, 0) is 43.7 Å². The van der Waals surface area contributed by atoms with Gasteiger partial charge in [0.05, 0.1) is 11.3 Å². The molecule has 3 rings (SSSR count).